The minimum atomic E-state index is -3.81. The van der Waals surface area contributed by atoms with E-state index in [9.17, 15) is 13.2 Å². The van der Waals surface area contributed by atoms with E-state index in [4.69, 9.17) is 11.6 Å². The number of carbonyl (C=O) groups excluding carboxylic acids is 1. The standard InChI is InChI=1S/C18H15ClN2O3S2/c1-21(26(23,24)15-9-7-13(19)8-10-15)16-11-12-25-17(16)18(22)20-14-5-3-2-4-6-14/h2-12H,1H3,(H,20,22). The largest absolute Gasteiger partial charge is 0.321 e. The number of carbonyl (C=O) groups is 1. The number of halogens is 1. The van der Waals surface area contributed by atoms with E-state index in [1.165, 1.54) is 42.6 Å². The first-order valence-corrected chi connectivity index (χ1v) is 10.3. The van der Waals surface area contributed by atoms with Crippen molar-refractivity contribution in [3.05, 3.63) is 75.9 Å². The topological polar surface area (TPSA) is 66.5 Å². The highest BCUT2D eigenvalue weighted by atomic mass is 35.5. The molecule has 0 spiro atoms. The SMILES string of the molecule is CN(c1ccsc1C(=O)Nc1ccccc1)S(=O)(=O)c1ccc(Cl)cc1. The molecule has 2 aromatic carbocycles. The van der Waals surface area contributed by atoms with Crippen molar-refractivity contribution < 1.29 is 13.2 Å². The molecular formula is C18H15ClN2O3S2. The van der Waals surface area contributed by atoms with Gasteiger partial charge < -0.3 is 5.32 Å². The third kappa shape index (κ3) is 3.75. The Labute approximate surface area is 160 Å². The Morgan fingerprint density at radius 2 is 1.69 bits per heavy atom. The first-order valence-electron chi connectivity index (χ1n) is 7.58. The van der Waals surface area contributed by atoms with Crippen LogP contribution in [0.3, 0.4) is 0 Å². The van der Waals surface area contributed by atoms with Crippen LogP contribution in [-0.2, 0) is 10.0 Å². The van der Waals surface area contributed by atoms with E-state index in [0.29, 0.717) is 21.3 Å². The first-order chi connectivity index (χ1) is 12.4. The summed E-state index contributed by atoms with van der Waals surface area (Å²) >= 11 is 7.00. The van der Waals surface area contributed by atoms with Gasteiger partial charge in [0.05, 0.1) is 10.6 Å². The zero-order valence-corrected chi connectivity index (χ0v) is 16.1. The third-order valence-electron chi connectivity index (χ3n) is 3.69. The summed E-state index contributed by atoms with van der Waals surface area (Å²) in [6.45, 7) is 0. The van der Waals surface area contributed by atoms with E-state index >= 15 is 0 Å². The van der Waals surface area contributed by atoms with Gasteiger partial charge in [0, 0.05) is 17.8 Å². The second-order valence-corrected chi connectivity index (χ2v) is 8.70. The summed E-state index contributed by atoms with van der Waals surface area (Å²) in [4.78, 5) is 13.0. The molecule has 0 aliphatic heterocycles. The number of rotatable bonds is 5. The van der Waals surface area contributed by atoms with Crippen LogP contribution in [-0.4, -0.2) is 21.4 Å². The lowest BCUT2D eigenvalue weighted by Crippen LogP contribution is -2.28. The predicted octanol–water partition coefficient (Wildman–Crippen LogP) is 4.48. The number of anilines is 2. The number of benzene rings is 2. The van der Waals surface area contributed by atoms with E-state index in [2.05, 4.69) is 5.32 Å². The Hall–Kier alpha value is -2.35. The molecule has 1 N–H and O–H groups in total. The summed E-state index contributed by atoms with van der Waals surface area (Å²) in [6.07, 6.45) is 0. The molecule has 0 bridgehead atoms. The van der Waals surface area contributed by atoms with Crippen LogP contribution in [0.1, 0.15) is 9.67 Å². The van der Waals surface area contributed by atoms with Crippen molar-refractivity contribution in [1.29, 1.82) is 0 Å². The normalized spacial score (nSPS) is 11.2. The Kier molecular flexibility index (Phi) is 5.31. The maximum atomic E-state index is 12.8. The Bertz CT molecular complexity index is 1020. The molecule has 8 heteroatoms. The molecule has 5 nitrogen and oxygen atoms in total. The van der Waals surface area contributed by atoms with Crippen LogP contribution >= 0.6 is 22.9 Å². The van der Waals surface area contributed by atoms with Crippen LogP contribution in [0, 0.1) is 0 Å². The van der Waals surface area contributed by atoms with Gasteiger partial charge in [-0.15, -0.1) is 11.3 Å². The van der Waals surface area contributed by atoms with Crippen LogP contribution in [0.4, 0.5) is 11.4 Å². The van der Waals surface area contributed by atoms with Gasteiger partial charge in [0.2, 0.25) is 0 Å². The zero-order valence-electron chi connectivity index (χ0n) is 13.7. The fourth-order valence-electron chi connectivity index (χ4n) is 2.32. The second kappa shape index (κ2) is 7.49. The van der Waals surface area contributed by atoms with E-state index in [1.807, 2.05) is 18.2 Å². The second-order valence-electron chi connectivity index (χ2n) is 5.38. The highest BCUT2D eigenvalue weighted by Gasteiger charge is 2.26. The zero-order chi connectivity index (χ0) is 18.7. The van der Waals surface area contributed by atoms with E-state index in [-0.39, 0.29) is 10.8 Å². The molecule has 0 fully saturated rings. The van der Waals surface area contributed by atoms with Crippen molar-refractivity contribution in [1.82, 2.24) is 0 Å². The van der Waals surface area contributed by atoms with Gasteiger partial charge in [0.15, 0.2) is 0 Å². The van der Waals surface area contributed by atoms with Crippen LogP contribution in [0.5, 0.6) is 0 Å². The summed E-state index contributed by atoms with van der Waals surface area (Å²) in [5.41, 5.74) is 0.957. The molecule has 0 aliphatic rings. The molecule has 134 valence electrons. The van der Waals surface area contributed by atoms with Gasteiger partial charge in [-0.05, 0) is 47.8 Å². The minimum absolute atomic E-state index is 0.102. The van der Waals surface area contributed by atoms with Gasteiger partial charge in [-0.3, -0.25) is 9.10 Å². The number of thiophene rings is 1. The molecule has 0 aliphatic carbocycles. The van der Waals surface area contributed by atoms with Crippen molar-refractivity contribution >= 4 is 50.2 Å². The number of amides is 1. The van der Waals surface area contributed by atoms with E-state index in [0.717, 1.165) is 4.31 Å². The van der Waals surface area contributed by atoms with Crippen LogP contribution in [0.15, 0.2) is 70.9 Å². The average Bonchev–Trinajstić information content (AvgIpc) is 3.12. The first kappa shape index (κ1) is 18.4. The third-order valence-corrected chi connectivity index (χ3v) is 6.63. The maximum absolute atomic E-state index is 12.8. The van der Waals surface area contributed by atoms with Gasteiger partial charge in [0.1, 0.15) is 4.88 Å². The lowest BCUT2D eigenvalue weighted by molar-refractivity contribution is 0.103. The molecule has 26 heavy (non-hydrogen) atoms. The summed E-state index contributed by atoms with van der Waals surface area (Å²) in [7, 11) is -2.38. The quantitative estimate of drug-likeness (QED) is 0.679. The molecule has 0 unspecified atom stereocenters. The Morgan fingerprint density at radius 1 is 1.04 bits per heavy atom. The molecule has 1 heterocycles. The molecule has 1 amide bonds. The number of para-hydroxylation sites is 1. The van der Waals surface area contributed by atoms with Crippen molar-refractivity contribution in [2.75, 3.05) is 16.7 Å². The molecule has 0 saturated carbocycles. The number of nitrogens with zero attached hydrogens (tertiary/aromatic N) is 1. The monoisotopic (exact) mass is 406 g/mol. The van der Waals surface area contributed by atoms with Crippen molar-refractivity contribution in [2.45, 2.75) is 4.90 Å². The van der Waals surface area contributed by atoms with Crippen LogP contribution in [0.2, 0.25) is 5.02 Å². The summed E-state index contributed by atoms with van der Waals surface area (Å²) in [5.74, 6) is -0.362. The van der Waals surface area contributed by atoms with Crippen molar-refractivity contribution in [2.24, 2.45) is 0 Å². The van der Waals surface area contributed by atoms with E-state index < -0.39 is 10.0 Å². The number of hydrogen-bond acceptors (Lipinski definition) is 4. The highest BCUT2D eigenvalue weighted by molar-refractivity contribution is 7.92. The van der Waals surface area contributed by atoms with E-state index in [1.54, 1.807) is 23.6 Å². The molecule has 3 aromatic rings. The molecule has 0 radical (unpaired) electrons. The summed E-state index contributed by atoms with van der Waals surface area (Å²) in [5, 5.41) is 4.90. The van der Waals surface area contributed by atoms with Crippen LogP contribution < -0.4 is 9.62 Å². The van der Waals surface area contributed by atoms with Gasteiger partial charge in [-0.1, -0.05) is 29.8 Å². The molecule has 0 saturated heterocycles. The number of nitrogens with one attached hydrogen (secondary N) is 1. The van der Waals surface area contributed by atoms with Crippen LogP contribution in [0.25, 0.3) is 0 Å². The smallest absolute Gasteiger partial charge is 0.267 e. The van der Waals surface area contributed by atoms with Gasteiger partial charge in [0.25, 0.3) is 15.9 Å². The molecular weight excluding hydrogens is 392 g/mol. The van der Waals surface area contributed by atoms with Crippen molar-refractivity contribution in [3.63, 3.8) is 0 Å². The predicted molar refractivity (Wildman–Crippen MR) is 106 cm³/mol. The molecule has 1 aromatic heterocycles. The summed E-state index contributed by atoms with van der Waals surface area (Å²) in [6, 6.07) is 16.5. The maximum Gasteiger partial charge on any atom is 0.267 e. The lowest BCUT2D eigenvalue weighted by atomic mass is 10.3. The average molecular weight is 407 g/mol. The Balaban J connectivity index is 1.89. The molecule has 0 atom stereocenters. The number of hydrogen-bond donors (Lipinski definition) is 1. The minimum Gasteiger partial charge on any atom is -0.321 e. The van der Waals surface area contributed by atoms with Gasteiger partial charge >= 0.3 is 0 Å². The highest BCUT2D eigenvalue weighted by Crippen LogP contribution is 2.30. The Morgan fingerprint density at radius 3 is 2.35 bits per heavy atom. The fraction of sp³-hybridized carbons (Fsp3) is 0.0556. The van der Waals surface area contributed by atoms with Crippen molar-refractivity contribution in [3.8, 4) is 0 Å². The molecule has 3 rings (SSSR count). The number of sulfonamides is 1. The summed E-state index contributed by atoms with van der Waals surface area (Å²) < 4.78 is 26.8. The van der Waals surface area contributed by atoms with Gasteiger partial charge in [-0.2, -0.15) is 0 Å². The lowest BCUT2D eigenvalue weighted by Gasteiger charge is -2.19. The van der Waals surface area contributed by atoms with Gasteiger partial charge in [-0.25, -0.2) is 8.42 Å². The fourth-order valence-corrected chi connectivity index (χ4v) is 4.53.